The van der Waals surface area contributed by atoms with E-state index in [-0.39, 0.29) is 17.8 Å². The molecule has 28 heavy (non-hydrogen) atoms. The number of benzene rings is 2. The normalized spacial score (nSPS) is 16.5. The number of carbonyl (C=O) groups excluding carboxylic acids is 3. The molecule has 1 aliphatic heterocycles. The minimum Gasteiger partial charge on any atom is -0.478 e. The predicted octanol–water partition coefficient (Wildman–Crippen LogP) is 2.21. The van der Waals surface area contributed by atoms with Gasteiger partial charge in [-0.3, -0.25) is 19.8 Å². The lowest BCUT2D eigenvalue weighted by Gasteiger charge is -2.31. The maximum atomic E-state index is 12.8. The molecule has 0 aliphatic carbocycles. The van der Waals surface area contributed by atoms with Gasteiger partial charge in [0.2, 0.25) is 11.8 Å². The molecular weight excluding hydrogens is 362 g/mol. The molecule has 2 aromatic rings. The molecule has 3 rings (SSSR count). The number of hydrogen-bond acceptors (Lipinski definition) is 5. The summed E-state index contributed by atoms with van der Waals surface area (Å²) in [6, 6.07) is 13.9. The summed E-state index contributed by atoms with van der Waals surface area (Å²) in [5, 5.41) is 13.9. The fourth-order valence-electron chi connectivity index (χ4n) is 2.79. The lowest BCUT2D eigenvalue weighted by atomic mass is 10.0. The number of barbiturate groups is 1. The van der Waals surface area contributed by atoms with Crippen LogP contribution in [0.5, 0.6) is 0 Å². The van der Waals surface area contributed by atoms with Gasteiger partial charge in [-0.2, -0.15) is 0 Å². The first kappa shape index (κ1) is 18.8. The smallest absolute Gasteiger partial charge is 0.335 e. The van der Waals surface area contributed by atoms with Crippen molar-refractivity contribution in [2.75, 3.05) is 5.32 Å². The van der Waals surface area contributed by atoms with Crippen molar-refractivity contribution in [3.05, 3.63) is 78.0 Å². The quantitative estimate of drug-likeness (QED) is 0.663. The summed E-state index contributed by atoms with van der Waals surface area (Å²) in [5.41, 5.74) is 1.38. The van der Waals surface area contributed by atoms with Gasteiger partial charge in [-0.05, 0) is 29.8 Å². The number of carboxylic acid groups (broad SMARTS) is 1. The van der Waals surface area contributed by atoms with Gasteiger partial charge in [0.15, 0.2) is 5.92 Å². The molecule has 0 unspecified atom stereocenters. The van der Waals surface area contributed by atoms with Gasteiger partial charge in [-0.15, -0.1) is 0 Å². The number of rotatable bonds is 6. The predicted molar refractivity (Wildman–Crippen MR) is 100 cm³/mol. The Labute approximate surface area is 160 Å². The Balaban J connectivity index is 1.76. The third-order valence-corrected chi connectivity index (χ3v) is 4.22. The monoisotopic (exact) mass is 379 g/mol. The Morgan fingerprint density at radius 2 is 1.71 bits per heavy atom. The van der Waals surface area contributed by atoms with Gasteiger partial charge in [-0.25, -0.2) is 9.59 Å². The van der Waals surface area contributed by atoms with Crippen LogP contribution >= 0.6 is 0 Å². The van der Waals surface area contributed by atoms with Crippen molar-refractivity contribution in [3.8, 4) is 0 Å². The highest BCUT2D eigenvalue weighted by Crippen LogP contribution is 2.22. The Morgan fingerprint density at radius 1 is 1.07 bits per heavy atom. The van der Waals surface area contributed by atoms with Crippen molar-refractivity contribution in [2.24, 2.45) is 5.92 Å². The number of carboxylic acids is 1. The minimum absolute atomic E-state index is 0.0237. The van der Waals surface area contributed by atoms with Gasteiger partial charge < -0.3 is 10.4 Å². The number of nitrogens with zero attached hydrogens (tertiary/aromatic N) is 1. The highest BCUT2D eigenvalue weighted by molar-refractivity contribution is 6.17. The van der Waals surface area contributed by atoms with Crippen LogP contribution in [0.3, 0.4) is 0 Å². The van der Waals surface area contributed by atoms with Crippen LogP contribution in [0.25, 0.3) is 0 Å². The number of imide groups is 2. The molecule has 142 valence electrons. The fraction of sp³-hybridized carbons (Fsp3) is 0.100. The molecule has 1 fully saturated rings. The second-order valence-corrected chi connectivity index (χ2v) is 6.17. The average molecular weight is 379 g/mol. The van der Waals surface area contributed by atoms with E-state index in [9.17, 15) is 19.2 Å². The van der Waals surface area contributed by atoms with Crippen molar-refractivity contribution in [1.29, 1.82) is 0 Å². The maximum Gasteiger partial charge on any atom is 0.335 e. The molecule has 1 atom stereocenters. The zero-order valence-corrected chi connectivity index (χ0v) is 14.7. The van der Waals surface area contributed by atoms with Crippen molar-refractivity contribution in [2.45, 2.75) is 6.54 Å². The van der Waals surface area contributed by atoms with Gasteiger partial charge in [0.05, 0.1) is 12.1 Å². The Morgan fingerprint density at radius 3 is 2.32 bits per heavy atom. The van der Waals surface area contributed by atoms with Crippen molar-refractivity contribution in [3.63, 3.8) is 0 Å². The number of urea groups is 1. The minimum atomic E-state index is -1.29. The molecule has 0 radical (unpaired) electrons. The zero-order valence-electron chi connectivity index (χ0n) is 14.7. The molecule has 0 bridgehead atoms. The van der Waals surface area contributed by atoms with Gasteiger partial charge >= 0.3 is 12.0 Å². The molecule has 0 aromatic heterocycles. The highest BCUT2D eigenvalue weighted by atomic mass is 16.4. The van der Waals surface area contributed by atoms with Gasteiger partial charge in [0.25, 0.3) is 0 Å². The summed E-state index contributed by atoms with van der Waals surface area (Å²) >= 11 is 0. The standard InChI is InChI=1S/C20H17N3O5/c1-12(21-15-9-7-14(8-10-15)19(26)27)16-17(24)22-20(28)23(18(16)25)11-13-5-3-2-4-6-13/h2-10,16,21H,1,11H2,(H,26,27)(H,22,24,28)/t16-/m0/s1. The highest BCUT2D eigenvalue weighted by Gasteiger charge is 2.42. The van der Waals surface area contributed by atoms with Crippen LogP contribution in [-0.4, -0.2) is 33.8 Å². The Kier molecular flexibility index (Phi) is 5.21. The van der Waals surface area contributed by atoms with Crippen LogP contribution in [0.2, 0.25) is 0 Å². The van der Waals surface area contributed by atoms with Crippen LogP contribution in [0, 0.1) is 5.92 Å². The molecule has 4 amide bonds. The van der Waals surface area contributed by atoms with E-state index in [0.29, 0.717) is 5.69 Å². The van der Waals surface area contributed by atoms with Crippen molar-refractivity contribution < 1.29 is 24.3 Å². The number of anilines is 1. The molecule has 3 N–H and O–H groups in total. The molecule has 0 saturated carbocycles. The lowest BCUT2D eigenvalue weighted by Crippen LogP contribution is -2.58. The van der Waals surface area contributed by atoms with E-state index in [2.05, 4.69) is 17.2 Å². The third-order valence-electron chi connectivity index (χ3n) is 4.22. The molecule has 0 spiro atoms. The maximum absolute atomic E-state index is 12.8. The molecule has 8 nitrogen and oxygen atoms in total. The number of hydrogen-bond donors (Lipinski definition) is 3. The van der Waals surface area contributed by atoms with E-state index in [4.69, 9.17) is 5.11 Å². The van der Waals surface area contributed by atoms with Crippen LogP contribution in [0.1, 0.15) is 15.9 Å². The van der Waals surface area contributed by atoms with Crippen LogP contribution < -0.4 is 10.6 Å². The molecule has 1 heterocycles. The van der Waals surface area contributed by atoms with E-state index in [1.54, 1.807) is 24.3 Å². The van der Waals surface area contributed by atoms with Gasteiger partial charge in [0, 0.05) is 11.4 Å². The van der Waals surface area contributed by atoms with Crippen molar-refractivity contribution >= 4 is 29.5 Å². The summed E-state index contributed by atoms with van der Waals surface area (Å²) in [7, 11) is 0. The second-order valence-electron chi connectivity index (χ2n) is 6.17. The van der Waals surface area contributed by atoms with Crippen LogP contribution in [0.15, 0.2) is 66.9 Å². The summed E-state index contributed by atoms with van der Waals surface area (Å²) < 4.78 is 0. The topological polar surface area (TPSA) is 116 Å². The van der Waals surface area contributed by atoms with E-state index >= 15 is 0 Å². The lowest BCUT2D eigenvalue weighted by molar-refractivity contribution is -0.141. The SMILES string of the molecule is C=C(Nc1ccc(C(=O)O)cc1)[C@H]1C(=O)NC(=O)N(Cc2ccccc2)C1=O. The largest absolute Gasteiger partial charge is 0.478 e. The first-order chi connectivity index (χ1) is 13.4. The summed E-state index contributed by atoms with van der Waals surface area (Å²) in [6.07, 6.45) is 0. The van der Waals surface area contributed by atoms with Crippen molar-refractivity contribution in [1.82, 2.24) is 10.2 Å². The van der Waals surface area contributed by atoms with Gasteiger partial charge in [0.1, 0.15) is 0 Å². The Bertz CT molecular complexity index is 954. The number of amides is 4. The molecular formula is C20H17N3O5. The molecule has 1 aliphatic rings. The molecule has 8 heteroatoms. The zero-order chi connectivity index (χ0) is 20.3. The van der Waals surface area contributed by atoms with E-state index < -0.39 is 29.7 Å². The summed E-state index contributed by atoms with van der Waals surface area (Å²) in [4.78, 5) is 49.0. The summed E-state index contributed by atoms with van der Waals surface area (Å²) in [6.45, 7) is 3.78. The first-order valence-corrected chi connectivity index (χ1v) is 8.36. The summed E-state index contributed by atoms with van der Waals surface area (Å²) in [5.74, 6) is -3.81. The van der Waals surface area contributed by atoms with E-state index in [0.717, 1.165) is 10.5 Å². The fourth-order valence-corrected chi connectivity index (χ4v) is 2.79. The first-order valence-electron chi connectivity index (χ1n) is 8.36. The number of aromatic carboxylic acids is 1. The number of carbonyl (C=O) groups is 4. The van der Waals surface area contributed by atoms with E-state index in [1.807, 2.05) is 6.07 Å². The van der Waals surface area contributed by atoms with Crippen LogP contribution in [0.4, 0.5) is 10.5 Å². The third kappa shape index (κ3) is 3.90. The molecule has 1 saturated heterocycles. The van der Waals surface area contributed by atoms with E-state index in [1.165, 1.54) is 24.3 Å². The van der Waals surface area contributed by atoms with Crippen LogP contribution in [-0.2, 0) is 16.1 Å². The Hall–Kier alpha value is -3.94. The average Bonchev–Trinajstić information content (AvgIpc) is 2.66. The number of nitrogens with one attached hydrogen (secondary N) is 2. The van der Waals surface area contributed by atoms with Gasteiger partial charge in [-0.1, -0.05) is 36.9 Å². The second kappa shape index (κ2) is 7.75. The molecule has 2 aromatic carbocycles.